The number of nitrogens with two attached hydrogens (primary N) is 1. The number of hydrazone groups is 1. The van der Waals surface area contributed by atoms with Gasteiger partial charge in [0, 0.05) is 0 Å². The molecule has 0 aliphatic rings. The van der Waals surface area contributed by atoms with Gasteiger partial charge in [0.15, 0.2) is 0 Å². The quantitative estimate of drug-likeness (QED) is 0.561. The largest absolute Gasteiger partial charge is 0.465 e. The van der Waals surface area contributed by atoms with Crippen LogP contribution >= 0.6 is 0 Å². The van der Waals surface area contributed by atoms with E-state index in [1.54, 1.807) is 18.4 Å². The highest BCUT2D eigenvalue weighted by Gasteiger charge is 1.90. The minimum atomic E-state index is -0.688. The maximum absolute atomic E-state index is 10.3. The lowest BCUT2D eigenvalue weighted by atomic mass is 10.3. The summed E-state index contributed by atoms with van der Waals surface area (Å²) >= 11 is 0. The standard InChI is InChI=1S/C9H11N3O2/c1-7(6-11-12-9(10)13)5-8-3-2-4-14-8/h2-6H,1H3,(H3,10,12,13)/b7-5+,11-6+. The van der Waals surface area contributed by atoms with E-state index in [1.807, 2.05) is 13.0 Å². The smallest absolute Gasteiger partial charge is 0.332 e. The van der Waals surface area contributed by atoms with Gasteiger partial charge >= 0.3 is 6.03 Å². The van der Waals surface area contributed by atoms with Crippen LogP contribution in [0.4, 0.5) is 4.79 Å². The molecule has 1 aromatic rings. The zero-order chi connectivity index (χ0) is 10.4. The highest BCUT2D eigenvalue weighted by atomic mass is 16.3. The minimum Gasteiger partial charge on any atom is -0.465 e. The summed E-state index contributed by atoms with van der Waals surface area (Å²) in [4.78, 5) is 10.3. The first-order chi connectivity index (χ1) is 6.68. The summed E-state index contributed by atoms with van der Waals surface area (Å²) in [5, 5.41) is 3.59. The lowest BCUT2D eigenvalue weighted by Crippen LogP contribution is -2.24. The fraction of sp³-hybridized carbons (Fsp3) is 0.111. The van der Waals surface area contributed by atoms with Crippen molar-refractivity contribution >= 4 is 18.3 Å². The lowest BCUT2D eigenvalue weighted by Gasteiger charge is -1.91. The summed E-state index contributed by atoms with van der Waals surface area (Å²) in [5.41, 5.74) is 7.75. The van der Waals surface area contributed by atoms with Gasteiger partial charge < -0.3 is 10.2 Å². The number of carbonyl (C=O) groups excluding carboxylic acids is 1. The average molecular weight is 193 g/mol. The Balaban J connectivity index is 2.53. The van der Waals surface area contributed by atoms with Gasteiger partial charge in [-0.05, 0) is 30.7 Å². The Bertz CT molecular complexity index is 352. The Labute approximate surface area is 81.3 Å². The van der Waals surface area contributed by atoms with Crippen LogP contribution in [0.15, 0.2) is 33.5 Å². The maximum atomic E-state index is 10.3. The first-order valence-corrected chi connectivity index (χ1v) is 3.99. The molecule has 0 fully saturated rings. The molecule has 1 heterocycles. The minimum absolute atomic E-state index is 0.688. The lowest BCUT2D eigenvalue weighted by molar-refractivity contribution is 0.249. The number of amides is 2. The van der Waals surface area contributed by atoms with E-state index in [1.165, 1.54) is 6.21 Å². The van der Waals surface area contributed by atoms with Crippen molar-refractivity contribution in [1.29, 1.82) is 0 Å². The SMILES string of the molecule is CC(/C=N/NC(N)=O)=C\c1ccco1. The van der Waals surface area contributed by atoms with Crippen molar-refractivity contribution in [1.82, 2.24) is 5.43 Å². The molecule has 3 N–H and O–H groups in total. The number of nitrogens with one attached hydrogen (secondary N) is 1. The second kappa shape index (κ2) is 4.86. The molecule has 0 aliphatic heterocycles. The van der Waals surface area contributed by atoms with E-state index in [0.717, 1.165) is 11.3 Å². The number of rotatable bonds is 3. The number of allylic oxidation sites excluding steroid dienone is 1. The summed E-state index contributed by atoms with van der Waals surface area (Å²) in [6, 6.07) is 2.92. The molecule has 5 nitrogen and oxygen atoms in total. The highest BCUT2D eigenvalue weighted by molar-refractivity contribution is 5.85. The summed E-state index contributed by atoms with van der Waals surface area (Å²) < 4.78 is 5.08. The van der Waals surface area contributed by atoms with Crippen molar-refractivity contribution in [3.8, 4) is 0 Å². The van der Waals surface area contributed by atoms with Crippen molar-refractivity contribution in [2.24, 2.45) is 10.8 Å². The van der Waals surface area contributed by atoms with Gasteiger partial charge in [-0.15, -0.1) is 0 Å². The van der Waals surface area contributed by atoms with Crippen LogP contribution in [0.1, 0.15) is 12.7 Å². The van der Waals surface area contributed by atoms with Crippen LogP contribution in [0.3, 0.4) is 0 Å². The van der Waals surface area contributed by atoms with E-state index in [9.17, 15) is 4.79 Å². The van der Waals surface area contributed by atoms with Crippen molar-refractivity contribution in [2.45, 2.75) is 6.92 Å². The molecule has 0 radical (unpaired) electrons. The summed E-state index contributed by atoms with van der Waals surface area (Å²) in [7, 11) is 0. The number of urea groups is 1. The third-order valence-corrected chi connectivity index (χ3v) is 1.36. The zero-order valence-electron chi connectivity index (χ0n) is 7.73. The third-order valence-electron chi connectivity index (χ3n) is 1.36. The normalized spacial score (nSPS) is 11.9. The van der Waals surface area contributed by atoms with E-state index in [0.29, 0.717) is 0 Å². The number of furan rings is 1. The van der Waals surface area contributed by atoms with E-state index in [2.05, 4.69) is 10.5 Å². The van der Waals surface area contributed by atoms with Crippen molar-refractivity contribution in [3.63, 3.8) is 0 Å². The van der Waals surface area contributed by atoms with Crippen LogP contribution in [-0.4, -0.2) is 12.2 Å². The van der Waals surface area contributed by atoms with Crippen LogP contribution in [0, 0.1) is 0 Å². The molecular formula is C9H11N3O2. The molecule has 0 bridgehead atoms. The molecule has 0 aromatic carbocycles. The first-order valence-electron chi connectivity index (χ1n) is 3.99. The fourth-order valence-corrected chi connectivity index (χ4v) is 0.833. The molecule has 0 unspecified atom stereocenters. The first kappa shape index (κ1) is 10.0. The van der Waals surface area contributed by atoms with E-state index in [4.69, 9.17) is 10.2 Å². The summed E-state index contributed by atoms with van der Waals surface area (Å²) in [5.74, 6) is 0.730. The van der Waals surface area contributed by atoms with Gasteiger partial charge in [-0.25, -0.2) is 10.2 Å². The summed E-state index contributed by atoms with van der Waals surface area (Å²) in [6.07, 6.45) is 4.84. The Morgan fingerprint density at radius 2 is 2.50 bits per heavy atom. The predicted octanol–water partition coefficient (Wildman–Crippen LogP) is 1.34. The van der Waals surface area contributed by atoms with Gasteiger partial charge in [-0.2, -0.15) is 5.10 Å². The number of hydrogen-bond acceptors (Lipinski definition) is 3. The topological polar surface area (TPSA) is 80.6 Å². The van der Waals surface area contributed by atoms with Crippen LogP contribution < -0.4 is 11.2 Å². The monoisotopic (exact) mass is 193 g/mol. The molecule has 2 amide bonds. The van der Waals surface area contributed by atoms with Gasteiger partial charge in [0.2, 0.25) is 0 Å². The van der Waals surface area contributed by atoms with Gasteiger partial charge in [-0.1, -0.05) is 0 Å². The molecule has 14 heavy (non-hydrogen) atoms. The Morgan fingerprint density at radius 1 is 1.71 bits per heavy atom. The van der Waals surface area contributed by atoms with Crippen LogP contribution in [0.5, 0.6) is 0 Å². The third kappa shape index (κ3) is 3.57. The second-order valence-electron chi connectivity index (χ2n) is 2.64. The van der Waals surface area contributed by atoms with Crippen molar-refractivity contribution in [3.05, 3.63) is 29.7 Å². The van der Waals surface area contributed by atoms with E-state index in [-0.39, 0.29) is 0 Å². The molecule has 0 saturated heterocycles. The Morgan fingerprint density at radius 3 is 3.07 bits per heavy atom. The van der Waals surface area contributed by atoms with E-state index < -0.39 is 6.03 Å². The van der Waals surface area contributed by atoms with Crippen molar-refractivity contribution in [2.75, 3.05) is 0 Å². The number of carbonyl (C=O) groups is 1. The summed E-state index contributed by atoms with van der Waals surface area (Å²) in [6.45, 7) is 1.83. The van der Waals surface area contributed by atoms with E-state index >= 15 is 0 Å². The van der Waals surface area contributed by atoms with Gasteiger partial charge in [0.05, 0.1) is 12.5 Å². The van der Waals surface area contributed by atoms with Gasteiger partial charge in [-0.3, -0.25) is 0 Å². The molecule has 0 saturated carbocycles. The molecule has 5 heteroatoms. The average Bonchev–Trinajstić information content (AvgIpc) is 2.56. The van der Waals surface area contributed by atoms with Crippen LogP contribution in [-0.2, 0) is 0 Å². The fourth-order valence-electron chi connectivity index (χ4n) is 0.833. The van der Waals surface area contributed by atoms with Gasteiger partial charge in [0.1, 0.15) is 5.76 Å². The molecule has 1 aromatic heterocycles. The molecule has 74 valence electrons. The number of hydrogen-bond donors (Lipinski definition) is 2. The number of primary amides is 1. The van der Waals surface area contributed by atoms with Crippen LogP contribution in [0.2, 0.25) is 0 Å². The highest BCUT2D eigenvalue weighted by Crippen LogP contribution is 2.05. The zero-order valence-corrected chi connectivity index (χ0v) is 7.73. The molecule has 0 aliphatic carbocycles. The molecule has 1 rings (SSSR count). The molecule has 0 atom stereocenters. The maximum Gasteiger partial charge on any atom is 0.332 e. The number of nitrogens with zero attached hydrogens (tertiary/aromatic N) is 1. The van der Waals surface area contributed by atoms with Crippen LogP contribution in [0.25, 0.3) is 6.08 Å². The second-order valence-corrected chi connectivity index (χ2v) is 2.64. The Kier molecular flexibility index (Phi) is 3.49. The molecule has 0 spiro atoms. The Hall–Kier alpha value is -2.04. The van der Waals surface area contributed by atoms with Gasteiger partial charge in [0.25, 0.3) is 0 Å². The predicted molar refractivity (Wildman–Crippen MR) is 53.6 cm³/mol. The van der Waals surface area contributed by atoms with Crippen molar-refractivity contribution < 1.29 is 9.21 Å². The molecular weight excluding hydrogens is 182 g/mol.